The van der Waals surface area contributed by atoms with Crippen molar-refractivity contribution in [1.82, 2.24) is 9.97 Å². The largest absolute Gasteiger partial charge is 0.396 e. The lowest BCUT2D eigenvalue weighted by Gasteiger charge is -2.18. The highest BCUT2D eigenvalue weighted by Crippen LogP contribution is 2.31. The molecule has 1 aromatic rings. The summed E-state index contributed by atoms with van der Waals surface area (Å²) < 4.78 is 0. The Labute approximate surface area is 101 Å². The Morgan fingerprint density at radius 3 is 3.00 bits per heavy atom. The molecule has 0 spiro atoms. The van der Waals surface area contributed by atoms with Crippen molar-refractivity contribution < 1.29 is 5.11 Å². The second-order valence-corrected chi connectivity index (χ2v) is 5.68. The molecule has 2 rings (SSSR count). The maximum Gasteiger partial charge on any atom is 0.116 e. The Morgan fingerprint density at radius 2 is 2.19 bits per heavy atom. The number of hydrogen-bond acceptors (Lipinski definition) is 4. The molecule has 4 heteroatoms. The first kappa shape index (κ1) is 11.9. The van der Waals surface area contributed by atoms with Gasteiger partial charge in [-0.15, -0.1) is 11.8 Å². The van der Waals surface area contributed by atoms with E-state index in [9.17, 15) is 0 Å². The Bertz CT molecular complexity index is 357. The highest BCUT2D eigenvalue weighted by atomic mass is 32.2. The molecule has 16 heavy (non-hydrogen) atoms. The number of aromatic nitrogens is 2. The van der Waals surface area contributed by atoms with Crippen LogP contribution >= 0.6 is 11.8 Å². The number of hydrogen-bond donors (Lipinski definition) is 1. The zero-order valence-corrected chi connectivity index (χ0v) is 10.5. The standard InChI is InChI=1S/C12H18N2OS/c1-9(6-7-15)16-12-10-4-2-3-5-11(10)13-8-14-12/h8-9,15H,2-7H2,1H3. The second kappa shape index (κ2) is 5.64. The first-order valence-electron chi connectivity index (χ1n) is 5.91. The van der Waals surface area contributed by atoms with Crippen molar-refractivity contribution in [2.45, 2.75) is 49.3 Å². The van der Waals surface area contributed by atoms with E-state index in [1.54, 1.807) is 18.1 Å². The summed E-state index contributed by atoms with van der Waals surface area (Å²) >= 11 is 1.77. The lowest BCUT2D eigenvalue weighted by molar-refractivity contribution is 0.289. The van der Waals surface area contributed by atoms with E-state index in [4.69, 9.17) is 5.11 Å². The summed E-state index contributed by atoms with van der Waals surface area (Å²) in [6.07, 6.45) is 7.22. The van der Waals surface area contributed by atoms with Crippen molar-refractivity contribution in [3.63, 3.8) is 0 Å². The van der Waals surface area contributed by atoms with E-state index in [1.807, 2.05) is 0 Å². The van der Waals surface area contributed by atoms with Crippen molar-refractivity contribution in [2.75, 3.05) is 6.61 Å². The second-order valence-electron chi connectivity index (χ2n) is 4.25. The van der Waals surface area contributed by atoms with Gasteiger partial charge in [-0.2, -0.15) is 0 Å². The van der Waals surface area contributed by atoms with Gasteiger partial charge in [-0.1, -0.05) is 6.92 Å². The third-order valence-corrected chi connectivity index (χ3v) is 4.15. The van der Waals surface area contributed by atoms with Crippen molar-refractivity contribution in [1.29, 1.82) is 0 Å². The fourth-order valence-corrected chi connectivity index (χ4v) is 3.10. The lowest BCUT2D eigenvalue weighted by Crippen LogP contribution is -2.09. The molecule has 1 atom stereocenters. The number of aryl methyl sites for hydroxylation is 1. The van der Waals surface area contributed by atoms with Crippen LogP contribution in [0.15, 0.2) is 11.4 Å². The Hall–Kier alpha value is -0.610. The van der Waals surface area contributed by atoms with E-state index < -0.39 is 0 Å². The summed E-state index contributed by atoms with van der Waals surface area (Å²) in [4.78, 5) is 8.74. The number of thioether (sulfide) groups is 1. The third kappa shape index (κ3) is 2.74. The monoisotopic (exact) mass is 238 g/mol. The van der Waals surface area contributed by atoms with Crippen molar-refractivity contribution in [3.8, 4) is 0 Å². The predicted molar refractivity (Wildman–Crippen MR) is 65.7 cm³/mol. The zero-order chi connectivity index (χ0) is 11.4. The molecule has 0 aromatic carbocycles. The molecule has 1 aromatic heterocycles. The van der Waals surface area contributed by atoms with Gasteiger partial charge in [0.2, 0.25) is 0 Å². The number of aliphatic hydroxyl groups is 1. The van der Waals surface area contributed by atoms with Gasteiger partial charge >= 0.3 is 0 Å². The minimum atomic E-state index is 0.251. The van der Waals surface area contributed by atoms with E-state index in [0.717, 1.165) is 24.3 Å². The van der Waals surface area contributed by atoms with E-state index in [-0.39, 0.29) is 6.61 Å². The fourth-order valence-electron chi connectivity index (χ4n) is 2.02. The van der Waals surface area contributed by atoms with Gasteiger partial charge in [-0.3, -0.25) is 0 Å². The van der Waals surface area contributed by atoms with Crippen LogP contribution in [0.5, 0.6) is 0 Å². The van der Waals surface area contributed by atoms with Crippen LogP contribution in [-0.4, -0.2) is 26.9 Å². The molecule has 1 aliphatic carbocycles. The molecule has 0 aliphatic heterocycles. The van der Waals surface area contributed by atoms with Gasteiger partial charge in [-0.25, -0.2) is 9.97 Å². The molecule has 0 fully saturated rings. The molecule has 1 heterocycles. The van der Waals surface area contributed by atoms with Crippen LogP contribution < -0.4 is 0 Å². The molecule has 3 nitrogen and oxygen atoms in total. The van der Waals surface area contributed by atoms with Gasteiger partial charge in [0.25, 0.3) is 0 Å². The lowest BCUT2D eigenvalue weighted by atomic mass is 9.98. The van der Waals surface area contributed by atoms with Crippen LogP contribution in [0.25, 0.3) is 0 Å². The van der Waals surface area contributed by atoms with E-state index in [0.29, 0.717) is 5.25 Å². The maximum atomic E-state index is 8.91. The highest BCUT2D eigenvalue weighted by Gasteiger charge is 2.17. The Morgan fingerprint density at radius 1 is 1.38 bits per heavy atom. The quantitative estimate of drug-likeness (QED) is 0.645. The van der Waals surface area contributed by atoms with Crippen molar-refractivity contribution >= 4 is 11.8 Å². The molecule has 1 N–H and O–H groups in total. The van der Waals surface area contributed by atoms with E-state index >= 15 is 0 Å². The minimum Gasteiger partial charge on any atom is -0.396 e. The minimum absolute atomic E-state index is 0.251. The summed E-state index contributed by atoms with van der Waals surface area (Å²) in [6.45, 7) is 2.39. The Balaban J connectivity index is 2.14. The fraction of sp³-hybridized carbons (Fsp3) is 0.667. The first-order chi connectivity index (χ1) is 7.81. The molecule has 0 bridgehead atoms. The molecule has 0 amide bonds. The van der Waals surface area contributed by atoms with Crippen LogP contribution in [0.4, 0.5) is 0 Å². The SMILES string of the molecule is CC(CCO)Sc1ncnc2c1CCCC2. The normalized spacial score (nSPS) is 16.9. The Kier molecular flexibility index (Phi) is 4.18. The molecule has 0 radical (unpaired) electrons. The van der Waals surface area contributed by atoms with Crippen LogP contribution in [0.1, 0.15) is 37.4 Å². The van der Waals surface area contributed by atoms with E-state index in [2.05, 4.69) is 16.9 Å². The van der Waals surface area contributed by atoms with Gasteiger partial charge < -0.3 is 5.11 Å². The molecular formula is C12H18N2OS. The van der Waals surface area contributed by atoms with Gasteiger partial charge in [0, 0.05) is 23.1 Å². The summed E-state index contributed by atoms with van der Waals surface area (Å²) in [7, 11) is 0. The average Bonchev–Trinajstić information content (AvgIpc) is 2.30. The number of nitrogens with zero attached hydrogens (tertiary/aromatic N) is 2. The van der Waals surface area contributed by atoms with Crippen LogP contribution in [0.3, 0.4) is 0 Å². The highest BCUT2D eigenvalue weighted by molar-refractivity contribution is 7.99. The van der Waals surface area contributed by atoms with Gasteiger partial charge in [0.05, 0.1) is 0 Å². The maximum absolute atomic E-state index is 8.91. The van der Waals surface area contributed by atoms with Crippen molar-refractivity contribution in [2.24, 2.45) is 0 Å². The van der Waals surface area contributed by atoms with Crippen LogP contribution in [-0.2, 0) is 12.8 Å². The summed E-state index contributed by atoms with van der Waals surface area (Å²) in [5, 5.41) is 10.5. The summed E-state index contributed by atoms with van der Waals surface area (Å²) in [5.74, 6) is 0. The molecule has 1 aliphatic rings. The molecule has 0 saturated carbocycles. The van der Waals surface area contributed by atoms with Crippen LogP contribution in [0.2, 0.25) is 0 Å². The van der Waals surface area contributed by atoms with Crippen LogP contribution in [0, 0.1) is 0 Å². The number of fused-ring (bicyclic) bond motifs is 1. The summed E-state index contributed by atoms with van der Waals surface area (Å²) in [6, 6.07) is 0. The average molecular weight is 238 g/mol. The zero-order valence-electron chi connectivity index (χ0n) is 9.65. The molecular weight excluding hydrogens is 220 g/mol. The van der Waals surface area contributed by atoms with Gasteiger partial charge in [-0.05, 0) is 32.1 Å². The molecule has 0 saturated heterocycles. The number of rotatable bonds is 4. The number of aliphatic hydroxyl groups excluding tert-OH is 1. The molecule has 88 valence electrons. The third-order valence-electron chi connectivity index (χ3n) is 2.93. The molecule has 1 unspecified atom stereocenters. The predicted octanol–water partition coefficient (Wildman–Crippen LogP) is 2.22. The topological polar surface area (TPSA) is 46.0 Å². The van der Waals surface area contributed by atoms with Crippen molar-refractivity contribution in [3.05, 3.63) is 17.6 Å². The van der Waals surface area contributed by atoms with E-state index in [1.165, 1.54) is 24.1 Å². The summed E-state index contributed by atoms with van der Waals surface area (Å²) in [5.41, 5.74) is 2.59. The van der Waals surface area contributed by atoms with Gasteiger partial charge in [0.15, 0.2) is 0 Å². The first-order valence-corrected chi connectivity index (χ1v) is 6.79. The smallest absolute Gasteiger partial charge is 0.116 e. The van der Waals surface area contributed by atoms with Gasteiger partial charge in [0.1, 0.15) is 11.4 Å².